The van der Waals surface area contributed by atoms with Crippen molar-refractivity contribution >= 4 is 17.6 Å². The van der Waals surface area contributed by atoms with E-state index >= 15 is 0 Å². The molecular weight excluding hydrogens is 318 g/mol. The van der Waals surface area contributed by atoms with E-state index in [2.05, 4.69) is 5.32 Å². The number of rotatable bonds is 7. The summed E-state index contributed by atoms with van der Waals surface area (Å²) in [6.45, 7) is 2.06. The highest BCUT2D eigenvalue weighted by atomic mass is 16.5. The number of ether oxygens (including phenoxy) is 2. The summed E-state index contributed by atoms with van der Waals surface area (Å²) in [4.78, 5) is 24.5. The zero-order valence-electron chi connectivity index (χ0n) is 14.2. The molecule has 3 rings (SSSR count). The molecule has 0 bridgehead atoms. The summed E-state index contributed by atoms with van der Waals surface area (Å²) in [6.07, 6.45) is 1.51. The molecule has 1 amide bonds. The van der Waals surface area contributed by atoms with Gasteiger partial charge in [-0.05, 0) is 37.5 Å². The van der Waals surface area contributed by atoms with Crippen LogP contribution in [-0.4, -0.2) is 25.1 Å². The van der Waals surface area contributed by atoms with Gasteiger partial charge in [-0.25, -0.2) is 0 Å². The molecule has 5 nitrogen and oxygen atoms in total. The first-order valence-electron chi connectivity index (χ1n) is 8.40. The normalized spacial score (nSPS) is 14.4. The molecule has 0 aliphatic heterocycles. The van der Waals surface area contributed by atoms with Crippen LogP contribution in [0.5, 0.6) is 5.75 Å². The fraction of sp³-hybridized carbons (Fsp3) is 0.300. The largest absolute Gasteiger partial charge is 0.492 e. The molecule has 0 heterocycles. The lowest BCUT2D eigenvalue weighted by molar-refractivity contribution is -0.150. The number of carbonyl (C=O) groups excluding carboxylic acids is 2. The van der Waals surface area contributed by atoms with Crippen molar-refractivity contribution in [3.63, 3.8) is 0 Å². The van der Waals surface area contributed by atoms with E-state index in [1.54, 1.807) is 18.2 Å². The van der Waals surface area contributed by atoms with Crippen molar-refractivity contribution in [2.75, 3.05) is 18.5 Å². The summed E-state index contributed by atoms with van der Waals surface area (Å²) in [7, 11) is 0. The van der Waals surface area contributed by atoms with Crippen molar-refractivity contribution in [3.05, 3.63) is 60.2 Å². The molecule has 1 N–H and O–H groups in total. The van der Waals surface area contributed by atoms with Gasteiger partial charge >= 0.3 is 5.97 Å². The molecule has 1 aliphatic rings. The summed E-state index contributed by atoms with van der Waals surface area (Å²) in [5.41, 5.74) is 0.932. The average Bonchev–Trinajstić information content (AvgIpc) is 3.44. The highest BCUT2D eigenvalue weighted by Gasteiger charge is 2.52. The van der Waals surface area contributed by atoms with E-state index in [1.807, 2.05) is 43.3 Å². The molecule has 2 aromatic carbocycles. The van der Waals surface area contributed by atoms with E-state index < -0.39 is 5.41 Å². The second-order valence-electron chi connectivity index (χ2n) is 6.00. The van der Waals surface area contributed by atoms with E-state index in [4.69, 9.17) is 9.47 Å². The smallest absolute Gasteiger partial charge is 0.317 e. The van der Waals surface area contributed by atoms with Crippen LogP contribution < -0.4 is 10.1 Å². The van der Waals surface area contributed by atoms with E-state index in [0.717, 1.165) is 18.4 Å². The fourth-order valence-corrected chi connectivity index (χ4v) is 2.80. The van der Waals surface area contributed by atoms with Gasteiger partial charge in [0.2, 0.25) is 0 Å². The van der Waals surface area contributed by atoms with Gasteiger partial charge < -0.3 is 14.8 Å². The Kier molecular flexibility index (Phi) is 5.03. The molecule has 0 saturated heterocycles. The van der Waals surface area contributed by atoms with Crippen LogP contribution in [0.2, 0.25) is 0 Å². The van der Waals surface area contributed by atoms with Crippen LogP contribution in [0.25, 0.3) is 0 Å². The Balaban J connectivity index is 1.57. The number of nitrogens with one attached hydrogen (secondary N) is 1. The highest BCUT2D eigenvalue weighted by Crippen LogP contribution is 2.49. The maximum Gasteiger partial charge on any atom is 0.317 e. The number of hydrogen-bond acceptors (Lipinski definition) is 4. The Hall–Kier alpha value is -2.82. The first-order valence-corrected chi connectivity index (χ1v) is 8.40. The molecule has 1 aliphatic carbocycles. The van der Waals surface area contributed by atoms with E-state index in [1.165, 1.54) is 0 Å². The summed E-state index contributed by atoms with van der Waals surface area (Å²) in [5, 5.41) is 2.72. The van der Waals surface area contributed by atoms with Crippen LogP contribution in [-0.2, 0) is 19.7 Å². The summed E-state index contributed by atoms with van der Waals surface area (Å²) in [6, 6.07) is 16.7. The maximum atomic E-state index is 12.4. The van der Waals surface area contributed by atoms with Crippen molar-refractivity contribution in [2.45, 2.75) is 25.2 Å². The van der Waals surface area contributed by atoms with Crippen LogP contribution in [0.4, 0.5) is 5.69 Å². The molecule has 0 unspecified atom stereocenters. The lowest BCUT2D eigenvalue weighted by Gasteiger charge is -2.15. The zero-order valence-corrected chi connectivity index (χ0v) is 14.2. The Labute approximate surface area is 147 Å². The highest BCUT2D eigenvalue weighted by molar-refractivity contribution is 5.95. The fourth-order valence-electron chi connectivity index (χ4n) is 2.80. The third kappa shape index (κ3) is 3.82. The minimum absolute atomic E-state index is 0.312. The van der Waals surface area contributed by atoms with E-state index in [0.29, 0.717) is 18.0 Å². The summed E-state index contributed by atoms with van der Waals surface area (Å²) >= 11 is 0. The Morgan fingerprint density at radius 2 is 1.72 bits per heavy atom. The zero-order chi connectivity index (χ0) is 17.7. The topological polar surface area (TPSA) is 64.6 Å². The molecule has 0 spiro atoms. The molecule has 5 heteroatoms. The standard InChI is InChI=1S/C20H21NO4/c1-2-24-17-11-7-6-10-16(17)21-18(22)14-25-19(23)20(12-13-20)15-8-4-3-5-9-15/h3-11H,2,12-14H2,1H3,(H,21,22). The van der Waals surface area contributed by atoms with Crippen LogP contribution in [0.3, 0.4) is 0 Å². The van der Waals surface area contributed by atoms with Crippen molar-refractivity contribution in [1.82, 2.24) is 0 Å². The molecule has 130 valence electrons. The van der Waals surface area contributed by atoms with Crippen LogP contribution >= 0.6 is 0 Å². The van der Waals surface area contributed by atoms with Crippen LogP contribution in [0.15, 0.2) is 54.6 Å². The lowest BCUT2D eigenvalue weighted by Crippen LogP contribution is -2.28. The molecule has 1 fully saturated rings. The second kappa shape index (κ2) is 7.38. The van der Waals surface area contributed by atoms with E-state index in [9.17, 15) is 9.59 Å². The van der Waals surface area contributed by atoms with Crippen molar-refractivity contribution in [3.8, 4) is 5.75 Å². The minimum Gasteiger partial charge on any atom is -0.492 e. The summed E-state index contributed by atoms with van der Waals surface area (Å²) < 4.78 is 10.7. The molecule has 1 saturated carbocycles. The van der Waals surface area contributed by atoms with Gasteiger partial charge in [-0.2, -0.15) is 0 Å². The van der Waals surface area contributed by atoms with Crippen molar-refractivity contribution < 1.29 is 19.1 Å². The predicted octanol–water partition coefficient (Wildman–Crippen LogP) is 3.30. The average molecular weight is 339 g/mol. The van der Waals surface area contributed by atoms with Gasteiger partial charge in [0.1, 0.15) is 5.75 Å². The third-order valence-electron chi connectivity index (χ3n) is 4.26. The first-order chi connectivity index (χ1) is 12.2. The number of anilines is 1. The predicted molar refractivity (Wildman–Crippen MR) is 94.6 cm³/mol. The number of carbonyl (C=O) groups is 2. The minimum atomic E-state index is -0.579. The lowest BCUT2D eigenvalue weighted by atomic mass is 9.96. The number of hydrogen-bond donors (Lipinski definition) is 1. The van der Waals surface area contributed by atoms with Gasteiger partial charge in [-0.1, -0.05) is 42.5 Å². The Morgan fingerprint density at radius 1 is 1.04 bits per heavy atom. The monoisotopic (exact) mass is 339 g/mol. The van der Waals surface area contributed by atoms with Crippen molar-refractivity contribution in [2.24, 2.45) is 0 Å². The molecular formula is C20H21NO4. The Morgan fingerprint density at radius 3 is 2.40 bits per heavy atom. The molecule has 2 aromatic rings. The SMILES string of the molecule is CCOc1ccccc1NC(=O)COC(=O)C1(c2ccccc2)CC1. The van der Waals surface area contributed by atoms with Gasteiger partial charge in [0.05, 0.1) is 17.7 Å². The quantitative estimate of drug-likeness (QED) is 0.786. The molecule has 0 aromatic heterocycles. The van der Waals surface area contributed by atoms with Gasteiger partial charge in [0.15, 0.2) is 6.61 Å². The van der Waals surface area contributed by atoms with Gasteiger partial charge in [-0.15, -0.1) is 0 Å². The number of amides is 1. The van der Waals surface area contributed by atoms with E-state index in [-0.39, 0.29) is 18.5 Å². The number of para-hydroxylation sites is 2. The molecule has 25 heavy (non-hydrogen) atoms. The first kappa shape index (κ1) is 17.0. The maximum absolute atomic E-state index is 12.4. The second-order valence-corrected chi connectivity index (χ2v) is 6.00. The van der Waals surface area contributed by atoms with Crippen LogP contribution in [0, 0.1) is 0 Å². The van der Waals surface area contributed by atoms with Gasteiger partial charge in [0, 0.05) is 0 Å². The number of benzene rings is 2. The Bertz CT molecular complexity index is 753. The van der Waals surface area contributed by atoms with Gasteiger partial charge in [0.25, 0.3) is 5.91 Å². The van der Waals surface area contributed by atoms with Gasteiger partial charge in [-0.3, -0.25) is 9.59 Å². The third-order valence-corrected chi connectivity index (χ3v) is 4.26. The van der Waals surface area contributed by atoms with Crippen molar-refractivity contribution in [1.29, 1.82) is 0 Å². The number of esters is 1. The molecule has 0 radical (unpaired) electrons. The van der Waals surface area contributed by atoms with Crippen LogP contribution in [0.1, 0.15) is 25.3 Å². The summed E-state index contributed by atoms with van der Waals surface area (Å²) in [5.74, 6) is -0.135. The molecule has 0 atom stereocenters.